The highest BCUT2D eigenvalue weighted by Gasteiger charge is 2.17. The second-order valence-corrected chi connectivity index (χ2v) is 5.17. The van der Waals surface area contributed by atoms with Crippen molar-refractivity contribution in [3.8, 4) is 11.3 Å². The summed E-state index contributed by atoms with van der Waals surface area (Å²) in [7, 11) is 0. The molecule has 0 N–H and O–H groups in total. The van der Waals surface area contributed by atoms with Crippen molar-refractivity contribution in [2.45, 2.75) is 0 Å². The van der Waals surface area contributed by atoms with Gasteiger partial charge in [0.2, 0.25) is 0 Å². The van der Waals surface area contributed by atoms with Crippen LogP contribution in [0, 0.1) is 10.1 Å². The summed E-state index contributed by atoms with van der Waals surface area (Å²) in [6, 6.07) is 12.7. The van der Waals surface area contributed by atoms with Gasteiger partial charge in [-0.3, -0.25) is 10.1 Å². The molecule has 0 atom stereocenters. The van der Waals surface area contributed by atoms with Crippen molar-refractivity contribution < 1.29 is 4.92 Å². The molecule has 4 nitrogen and oxygen atoms in total. The van der Waals surface area contributed by atoms with Crippen molar-refractivity contribution in [1.29, 1.82) is 0 Å². The van der Waals surface area contributed by atoms with Gasteiger partial charge in [0, 0.05) is 17.0 Å². The molecular weight excluding hydrogens is 284 g/mol. The molecule has 0 fully saturated rings. The molecule has 0 bridgehead atoms. The number of aromatic nitrogens is 1. The van der Waals surface area contributed by atoms with Gasteiger partial charge in [-0.25, -0.2) is 0 Å². The Bertz CT molecular complexity index is 771. The summed E-state index contributed by atoms with van der Waals surface area (Å²) in [6.07, 6.45) is 0. The van der Waals surface area contributed by atoms with E-state index in [4.69, 9.17) is 11.6 Å². The van der Waals surface area contributed by atoms with Gasteiger partial charge in [0.1, 0.15) is 5.02 Å². The van der Waals surface area contributed by atoms with Crippen LogP contribution in [0.3, 0.4) is 0 Å². The normalized spacial score (nSPS) is 10.8. The zero-order valence-corrected chi connectivity index (χ0v) is 11.1. The highest BCUT2D eigenvalue weighted by atomic mass is 35.5. The maximum Gasteiger partial charge on any atom is 0.288 e. The first-order valence-corrected chi connectivity index (χ1v) is 6.60. The quantitative estimate of drug-likeness (QED) is 0.515. The minimum Gasteiger partial charge on any atom is -0.258 e. The topological polar surface area (TPSA) is 56.0 Å². The number of nitro benzene ring substituents is 1. The molecule has 3 aromatic rings. The van der Waals surface area contributed by atoms with Gasteiger partial charge in [-0.2, -0.15) is 4.37 Å². The molecule has 0 radical (unpaired) electrons. The van der Waals surface area contributed by atoms with E-state index < -0.39 is 4.92 Å². The number of nitro groups is 1. The van der Waals surface area contributed by atoms with Crippen molar-refractivity contribution in [2.75, 3.05) is 0 Å². The predicted molar refractivity (Wildman–Crippen MR) is 76.7 cm³/mol. The van der Waals surface area contributed by atoms with Crippen LogP contribution in [-0.4, -0.2) is 9.30 Å². The maximum absolute atomic E-state index is 10.9. The van der Waals surface area contributed by atoms with Crippen LogP contribution < -0.4 is 0 Å². The number of hydrogen-bond acceptors (Lipinski definition) is 4. The zero-order valence-electron chi connectivity index (χ0n) is 9.54. The SMILES string of the molecule is O=[N+]([O-])c1cc2c(-c3ccccc3)nsc2cc1Cl. The standard InChI is InChI=1S/C13H7ClN2O2S/c14-10-7-12-9(6-11(10)16(17)18)13(15-19-12)8-4-2-1-3-5-8/h1-7H. The predicted octanol–water partition coefficient (Wildman–Crippen LogP) is 4.52. The molecule has 0 amide bonds. The van der Waals surface area contributed by atoms with Crippen LogP contribution in [0.15, 0.2) is 42.5 Å². The minimum atomic E-state index is -0.478. The molecule has 19 heavy (non-hydrogen) atoms. The van der Waals surface area contributed by atoms with Gasteiger partial charge in [-0.1, -0.05) is 41.9 Å². The summed E-state index contributed by atoms with van der Waals surface area (Å²) in [5.74, 6) is 0. The zero-order chi connectivity index (χ0) is 13.4. The van der Waals surface area contributed by atoms with Crippen molar-refractivity contribution in [3.05, 3.63) is 57.6 Å². The monoisotopic (exact) mass is 290 g/mol. The van der Waals surface area contributed by atoms with Crippen LogP contribution in [0.2, 0.25) is 5.02 Å². The van der Waals surface area contributed by atoms with Gasteiger partial charge in [0.05, 0.1) is 15.3 Å². The van der Waals surface area contributed by atoms with Crippen LogP contribution in [0.25, 0.3) is 21.3 Å². The van der Waals surface area contributed by atoms with Gasteiger partial charge in [0.15, 0.2) is 0 Å². The summed E-state index contributed by atoms with van der Waals surface area (Å²) in [5.41, 5.74) is 1.59. The molecule has 0 aliphatic rings. The van der Waals surface area contributed by atoms with Crippen LogP contribution in [0.5, 0.6) is 0 Å². The molecule has 0 spiro atoms. The maximum atomic E-state index is 10.9. The summed E-state index contributed by atoms with van der Waals surface area (Å²) in [5, 5.41) is 11.8. The van der Waals surface area contributed by atoms with Gasteiger partial charge in [-0.05, 0) is 17.6 Å². The van der Waals surface area contributed by atoms with E-state index >= 15 is 0 Å². The van der Waals surface area contributed by atoms with E-state index in [9.17, 15) is 10.1 Å². The van der Waals surface area contributed by atoms with Gasteiger partial charge in [-0.15, -0.1) is 0 Å². The molecule has 0 aliphatic heterocycles. The number of hydrogen-bond donors (Lipinski definition) is 0. The molecule has 0 saturated carbocycles. The third-order valence-electron chi connectivity index (χ3n) is 2.78. The second-order valence-electron chi connectivity index (χ2n) is 3.95. The number of nitrogens with zero attached hydrogens (tertiary/aromatic N) is 2. The van der Waals surface area contributed by atoms with Crippen molar-refractivity contribution in [2.24, 2.45) is 0 Å². The lowest BCUT2D eigenvalue weighted by molar-refractivity contribution is -0.384. The smallest absolute Gasteiger partial charge is 0.258 e. The van der Waals surface area contributed by atoms with Gasteiger partial charge < -0.3 is 0 Å². The largest absolute Gasteiger partial charge is 0.288 e. The molecule has 1 aromatic heterocycles. The lowest BCUT2D eigenvalue weighted by Crippen LogP contribution is -1.88. The Labute approximate surface area is 117 Å². The lowest BCUT2D eigenvalue weighted by Gasteiger charge is -1.99. The molecule has 0 saturated heterocycles. The van der Waals surface area contributed by atoms with Crippen LogP contribution in [-0.2, 0) is 0 Å². The minimum absolute atomic E-state index is 0.0912. The van der Waals surface area contributed by atoms with E-state index in [1.807, 2.05) is 30.3 Å². The summed E-state index contributed by atoms with van der Waals surface area (Å²) in [4.78, 5) is 10.5. The van der Waals surface area contributed by atoms with E-state index in [0.29, 0.717) is 0 Å². The van der Waals surface area contributed by atoms with E-state index in [-0.39, 0.29) is 10.7 Å². The Morgan fingerprint density at radius 1 is 1.21 bits per heavy atom. The van der Waals surface area contributed by atoms with E-state index in [1.165, 1.54) is 17.6 Å². The Kier molecular flexibility index (Phi) is 2.93. The third kappa shape index (κ3) is 2.07. The second kappa shape index (κ2) is 4.60. The average Bonchev–Trinajstić information content (AvgIpc) is 2.81. The molecular formula is C13H7ClN2O2S. The van der Waals surface area contributed by atoms with Crippen LogP contribution in [0.4, 0.5) is 5.69 Å². The molecule has 2 aromatic carbocycles. The van der Waals surface area contributed by atoms with E-state index in [0.717, 1.165) is 21.3 Å². The first-order chi connectivity index (χ1) is 9.16. The highest BCUT2D eigenvalue weighted by Crippen LogP contribution is 2.37. The third-order valence-corrected chi connectivity index (χ3v) is 3.89. The highest BCUT2D eigenvalue weighted by molar-refractivity contribution is 7.13. The van der Waals surface area contributed by atoms with Crippen LogP contribution >= 0.6 is 23.1 Å². The van der Waals surface area contributed by atoms with Crippen molar-refractivity contribution in [1.82, 2.24) is 4.37 Å². The van der Waals surface area contributed by atoms with Crippen molar-refractivity contribution in [3.63, 3.8) is 0 Å². The summed E-state index contributed by atoms with van der Waals surface area (Å²) >= 11 is 7.18. The lowest BCUT2D eigenvalue weighted by atomic mass is 10.1. The Morgan fingerprint density at radius 2 is 1.95 bits per heavy atom. The first kappa shape index (κ1) is 12.1. The van der Waals surface area contributed by atoms with E-state index in [2.05, 4.69) is 4.37 Å². The Balaban J connectivity index is 2.28. The van der Waals surface area contributed by atoms with Gasteiger partial charge >= 0.3 is 0 Å². The fraction of sp³-hybridized carbons (Fsp3) is 0. The first-order valence-electron chi connectivity index (χ1n) is 5.45. The molecule has 0 aliphatic carbocycles. The summed E-state index contributed by atoms with van der Waals surface area (Å²) < 4.78 is 5.21. The number of fused-ring (bicyclic) bond motifs is 1. The molecule has 3 rings (SSSR count). The number of benzene rings is 2. The number of halogens is 1. The number of rotatable bonds is 2. The Hall–Kier alpha value is -1.98. The van der Waals surface area contributed by atoms with Gasteiger partial charge in [0.25, 0.3) is 5.69 Å². The fourth-order valence-electron chi connectivity index (χ4n) is 1.89. The molecule has 94 valence electrons. The van der Waals surface area contributed by atoms with E-state index in [1.54, 1.807) is 6.07 Å². The average molecular weight is 291 g/mol. The molecule has 1 heterocycles. The molecule has 6 heteroatoms. The van der Waals surface area contributed by atoms with Crippen molar-refractivity contribution >= 4 is 38.9 Å². The summed E-state index contributed by atoms with van der Waals surface area (Å²) in [6.45, 7) is 0. The Morgan fingerprint density at radius 3 is 2.63 bits per heavy atom. The van der Waals surface area contributed by atoms with Crippen LogP contribution in [0.1, 0.15) is 0 Å². The fourth-order valence-corrected chi connectivity index (χ4v) is 3.01. The molecule has 0 unspecified atom stereocenters.